The molecule has 0 unspecified atom stereocenters. The number of aryl methyl sites for hydroxylation is 2. The maximum atomic E-state index is 12.6. The number of hydrazone groups is 1. The normalized spacial score (nSPS) is 11.4. The number of imidazole rings is 1. The molecule has 0 saturated heterocycles. The quantitative estimate of drug-likeness (QED) is 0.411. The number of fused-ring (bicyclic) bond motifs is 2. The van der Waals surface area contributed by atoms with Gasteiger partial charge >= 0.3 is 0 Å². The third-order valence-electron chi connectivity index (χ3n) is 5.03. The molecule has 0 spiro atoms. The number of rotatable bonds is 5. The van der Waals surface area contributed by atoms with Crippen LogP contribution in [0.2, 0.25) is 0 Å². The lowest BCUT2D eigenvalue weighted by Crippen LogP contribution is -2.17. The number of nitrogens with one attached hydrogen (secondary N) is 1. The highest BCUT2D eigenvalue weighted by molar-refractivity contribution is 6.03. The van der Waals surface area contributed by atoms with E-state index in [2.05, 4.69) is 27.0 Å². The van der Waals surface area contributed by atoms with Crippen LogP contribution in [0, 0.1) is 6.92 Å². The second-order valence-corrected chi connectivity index (χ2v) is 6.71. The largest absolute Gasteiger partial charge is 0.496 e. The van der Waals surface area contributed by atoms with Crippen molar-refractivity contribution >= 4 is 33.9 Å². The van der Waals surface area contributed by atoms with Gasteiger partial charge in [-0.15, -0.1) is 0 Å². The molecule has 29 heavy (non-hydrogen) atoms. The van der Waals surface area contributed by atoms with Crippen molar-refractivity contribution in [1.29, 1.82) is 0 Å². The lowest BCUT2D eigenvalue weighted by Gasteiger charge is -2.08. The van der Waals surface area contributed by atoms with Gasteiger partial charge in [0.2, 0.25) is 0 Å². The van der Waals surface area contributed by atoms with E-state index in [1.807, 2.05) is 49.4 Å². The second kappa shape index (κ2) is 7.75. The number of hydrogen-bond acceptors (Lipinski definition) is 4. The number of benzene rings is 3. The molecular formula is C23H22N4O2. The summed E-state index contributed by atoms with van der Waals surface area (Å²) in [5.41, 5.74) is 5.76. The summed E-state index contributed by atoms with van der Waals surface area (Å²) in [4.78, 5) is 17.1. The Labute approximate surface area is 168 Å². The van der Waals surface area contributed by atoms with Crippen LogP contribution in [0.15, 0.2) is 59.7 Å². The highest BCUT2D eigenvalue weighted by Gasteiger charge is 2.11. The summed E-state index contributed by atoms with van der Waals surface area (Å²) in [7, 11) is 1.62. The van der Waals surface area contributed by atoms with E-state index in [0.717, 1.165) is 39.7 Å². The van der Waals surface area contributed by atoms with Crippen molar-refractivity contribution in [2.24, 2.45) is 5.10 Å². The number of carbonyl (C=O) groups excluding carboxylic acids is 1. The van der Waals surface area contributed by atoms with Crippen LogP contribution in [-0.4, -0.2) is 28.8 Å². The molecule has 0 aliphatic rings. The van der Waals surface area contributed by atoms with Crippen LogP contribution in [0.5, 0.6) is 5.75 Å². The predicted octanol–water partition coefficient (Wildman–Crippen LogP) is 4.29. The lowest BCUT2D eigenvalue weighted by molar-refractivity contribution is 0.0955. The summed E-state index contributed by atoms with van der Waals surface area (Å²) in [6.07, 6.45) is 1.62. The average Bonchev–Trinajstić information content (AvgIpc) is 3.07. The van der Waals surface area contributed by atoms with Crippen molar-refractivity contribution in [3.05, 3.63) is 71.5 Å². The van der Waals surface area contributed by atoms with Crippen molar-refractivity contribution in [1.82, 2.24) is 15.0 Å². The first kappa shape index (κ1) is 18.7. The zero-order valence-corrected chi connectivity index (χ0v) is 16.6. The monoisotopic (exact) mass is 386 g/mol. The molecule has 0 saturated carbocycles. The first-order valence-electron chi connectivity index (χ1n) is 9.48. The van der Waals surface area contributed by atoms with E-state index in [4.69, 9.17) is 4.74 Å². The average molecular weight is 386 g/mol. The van der Waals surface area contributed by atoms with Gasteiger partial charge in [-0.05, 0) is 48.9 Å². The van der Waals surface area contributed by atoms with Crippen LogP contribution in [-0.2, 0) is 6.54 Å². The Balaban J connectivity index is 1.59. The highest BCUT2D eigenvalue weighted by atomic mass is 16.5. The van der Waals surface area contributed by atoms with Gasteiger partial charge in [0.1, 0.15) is 11.6 Å². The van der Waals surface area contributed by atoms with Crippen LogP contribution in [0.1, 0.15) is 28.7 Å². The van der Waals surface area contributed by atoms with Crippen molar-refractivity contribution in [2.75, 3.05) is 7.11 Å². The second-order valence-electron chi connectivity index (χ2n) is 6.71. The minimum absolute atomic E-state index is 0.286. The smallest absolute Gasteiger partial charge is 0.271 e. The molecule has 6 heteroatoms. The fraction of sp³-hybridized carbons (Fsp3) is 0.174. The summed E-state index contributed by atoms with van der Waals surface area (Å²) in [6, 6.07) is 17.4. The molecule has 4 aromatic rings. The number of methoxy groups -OCH3 is 1. The van der Waals surface area contributed by atoms with Gasteiger partial charge in [-0.3, -0.25) is 4.79 Å². The SMILES string of the molecule is CCn1c(C)nc2cc(C(=O)N/N=C/c3c(OC)ccc4ccccc34)ccc21. The van der Waals surface area contributed by atoms with Crippen molar-refractivity contribution < 1.29 is 9.53 Å². The van der Waals surface area contributed by atoms with Crippen LogP contribution >= 0.6 is 0 Å². The van der Waals surface area contributed by atoms with E-state index >= 15 is 0 Å². The van der Waals surface area contributed by atoms with E-state index in [1.165, 1.54) is 0 Å². The summed E-state index contributed by atoms with van der Waals surface area (Å²) in [5, 5.41) is 6.25. The van der Waals surface area contributed by atoms with E-state index < -0.39 is 0 Å². The van der Waals surface area contributed by atoms with Gasteiger partial charge in [0, 0.05) is 17.7 Å². The molecule has 1 amide bonds. The Hall–Kier alpha value is -3.67. The molecule has 4 rings (SSSR count). The number of carbonyl (C=O) groups is 1. The Morgan fingerprint density at radius 1 is 1.21 bits per heavy atom. The van der Waals surface area contributed by atoms with Crippen LogP contribution in [0.3, 0.4) is 0 Å². The van der Waals surface area contributed by atoms with E-state index in [1.54, 1.807) is 25.5 Å². The standard InChI is InChI=1S/C23H22N4O2/c1-4-27-15(2)25-20-13-17(9-11-21(20)27)23(28)26-24-14-19-18-8-6-5-7-16(18)10-12-22(19)29-3/h5-14H,4H2,1-3H3,(H,26,28)/b24-14+. The fourth-order valence-corrected chi connectivity index (χ4v) is 3.60. The number of amides is 1. The maximum absolute atomic E-state index is 12.6. The Morgan fingerprint density at radius 3 is 2.83 bits per heavy atom. The molecule has 0 atom stereocenters. The van der Waals surface area contributed by atoms with E-state index in [-0.39, 0.29) is 5.91 Å². The molecule has 6 nitrogen and oxygen atoms in total. The lowest BCUT2D eigenvalue weighted by atomic mass is 10.0. The zero-order valence-electron chi connectivity index (χ0n) is 16.6. The van der Waals surface area contributed by atoms with Crippen molar-refractivity contribution in [3.63, 3.8) is 0 Å². The highest BCUT2D eigenvalue weighted by Crippen LogP contribution is 2.26. The predicted molar refractivity (Wildman–Crippen MR) is 116 cm³/mol. The van der Waals surface area contributed by atoms with Crippen LogP contribution in [0.4, 0.5) is 0 Å². The molecule has 0 aliphatic heterocycles. The molecule has 1 N–H and O–H groups in total. The Kier molecular flexibility index (Phi) is 4.99. The van der Waals surface area contributed by atoms with Gasteiger partial charge in [-0.25, -0.2) is 10.4 Å². The fourth-order valence-electron chi connectivity index (χ4n) is 3.60. The van der Waals surface area contributed by atoms with Gasteiger partial charge in [0.15, 0.2) is 0 Å². The van der Waals surface area contributed by atoms with Gasteiger partial charge in [0.05, 0.1) is 24.4 Å². The number of ether oxygens (including phenoxy) is 1. The molecule has 0 fully saturated rings. The maximum Gasteiger partial charge on any atom is 0.271 e. The van der Waals surface area contributed by atoms with Gasteiger partial charge < -0.3 is 9.30 Å². The number of nitrogens with zero attached hydrogens (tertiary/aromatic N) is 3. The molecule has 0 radical (unpaired) electrons. The third-order valence-corrected chi connectivity index (χ3v) is 5.03. The summed E-state index contributed by atoms with van der Waals surface area (Å²) >= 11 is 0. The summed E-state index contributed by atoms with van der Waals surface area (Å²) < 4.78 is 7.57. The third kappa shape index (κ3) is 3.45. The summed E-state index contributed by atoms with van der Waals surface area (Å²) in [5.74, 6) is 1.34. The topological polar surface area (TPSA) is 68.5 Å². The first-order valence-corrected chi connectivity index (χ1v) is 9.48. The molecule has 3 aromatic carbocycles. The molecule has 1 heterocycles. The van der Waals surface area contributed by atoms with Crippen LogP contribution in [0.25, 0.3) is 21.8 Å². The summed E-state index contributed by atoms with van der Waals surface area (Å²) in [6.45, 7) is 4.88. The van der Waals surface area contributed by atoms with E-state index in [9.17, 15) is 4.79 Å². The van der Waals surface area contributed by atoms with Crippen molar-refractivity contribution in [2.45, 2.75) is 20.4 Å². The molecule has 0 bridgehead atoms. The minimum Gasteiger partial charge on any atom is -0.496 e. The zero-order chi connectivity index (χ0) is 20.4. The van der Waals surface area contributed by atoms with Gasteiger partial charge in [0.25, 0.3) is 5.91 Å². The Morgan fingerprint density at radius 2 is 2.03 bits per heavy atom. The van der Waals surface area contributed by atoms with Gasteiger partial charge in [-0.2, -0.15) is 5.10 Å². The van der Waals surface area contributed by atoms with E-state index in [0.29, 0.717) is 11.3 Å². The van der Waals surface area contributed by atoms with Crippen LogP contribution < -0.4 is 10.2 Å². The molecular weight excluding hydrogens is 364 g/mol. The minimum atomic E-state index is -0.286. The molecule has 146 valence electrons. The molecule has 0 aliphatic carbocycles. The number of hydrogen-bond donors (Lipinski definition) is 1. The first-order chi connectivity index (χ1) is 14.1. The Bertz CT molecular complexity index is 1240. The van der Waals surface area contributed by atoms with Crippen molar-refractivity contribution in [3.8, 4) is 5.75 Å². The molecule has 1 aromatic heterocycles. The van der Waals surface area contributed by atoms with Gasteiger partial charge in [-0.1, -0.05) is 30.3 Å². The number of aromatic nitrogens is 2.